The average Bonchev–Trinajstić information content (AvgIpc) is 2.70. The molecule has 0 aliphatic heterocycles. The maximum absolute atomic E-state index is 11.9. The Balaban J connectivity index is 2.21. The largest absolute Gasteiger partial charge is 0.292 e. The Morgan fingerprint density at radius 2 is 2.18 bits per heavy atom. The molecule has 5 heteroatoms. The first kappa shape index (κ1) is 12.6. The summed E-state index contributed by atoms with van der Waals surface area (Å²) in [5.41, 5.74) is 1.22. The van der Waals surface area contributed by atoms with Crippen molar-refractivity contribution in [3.63, 3.8) is 0 Å². The molecule has 0 bridgehead atoms. The van der Waals surface area contributed by atoms with E-state index in [9.17, 15) is 4.79 Å². The molecule has 0 saturated heterocycles. The smallest absolute Gasteiger partial charge is 0.186 e. The van der Waals surface area contributed by atoms with Crippen molar-refractivity contribution in [1.82, 2.24) is 4.98 Å². The van der Waals surface area contributed by atoms with Crippen LogP contribution in [0.3, 0.4) is 0 Å². The van der Waals surface area contributed by atoms with Gasteiger partial charge in [0, 0.05) is 21.8 Å². The number of Topliss-reactive ketones (excluding diaryl/α,β-unsaturated/α-hetero) is 1. The van der Waals surface area contributed by atoms with Crippen LogP contribution in [0.4, 0.5) is 0 Å². The number of aryl methyl sites for hydroxylation is 1. The first-order chi connectivity index (χ1) is 8.06. The highest BCUT2D eigenvalue weighted by atomic mass is 35.5. The Kier molecular flexibility index (Phi) is 3.82. The van der Waals surface area contributed by atoms with Crippen LogP contribution in [0.5, 0.6) is 0 Å². The summed E-state index contributed by atoms with van der Waals surface area (Å²) in [6.07, 6.45) is 0.225. The summed E-state index contributed by atoms with van der Waals surface area (Å²) in [6, 6.07) is 5.10. The van der Waals surface area contributed by atoms with Gasteiger partial charge in [0.05, 0.1) is 5.01 Å². The van der Waals surface area contributed by atoms with E-state index in [0.29, 0.717) is 15.7 Å². The van der Waals surface area contributed by atoms with Crippen LogP contribution in [0.25, 0.3) is 0 Å². The van der Waals surface area contributed by atoms with Crippen molar-refractivity contribution < 1.29 is 4.79 Å². The quantitative estimate of drug-likeness (QED) is 0.792. The van der Waals surface area contributed by atoms with Crippen LogP contribution in [0.15, 0.2) is 23.6 Å². The van der Waals surface area contributed by atoms with E-state index in [-0.39, 0.29) is 12.2 Å². The first-order valence-electron chi connectivity index (χ1n) is 4.95. The third-order valence-corrected chi connectivity index (χ3v) is 3.64. The zero-order valence-electron chi connectivity index (χ0n) is 9.04. The van der Waals surface area contributed by atoms with Crippen molar-refractivity contribution in [2.45, 2.75) is 13.3 Å². The molecular weight excluding hydrogens is 277 g/mol. The van der Waals surface area contributed by atoms with Crippen molar-refractivity contribution in [1.29, 1.82) is 0 Å². The van der Waals surface area contributed by atoms with Crippen LogP contribution in [-0.4, -0.2) is 10.8 Å². The van der Waals surface area contributed by atoms with Gasteiger partial charge in [-0.2, -0.15) is 0 Å². The topological polar surface area (TPSA) is 30.0 Å². The summed E-state index contributed by atoms with van der Waals surface area (Å²) < 4.78 is 0. The molecule has 17 heavy (non-hydrogen) atoms. The van der Waals surface area contributed by atoms with Gasteiger partial charge in [-0.25, -0.2) is 4.98 Å². The van der Waals surface area contributed by atoms with Crippen molar-refractivity contribution in [2.75, 3.05) is 0 Å². The van der Waals surface area contributed by atoms with Gasteiger partial charge in [0.15, 0.2) is 5.78 Å². The normalized spacial score (nSPS) is 10.5. The molecule has 0 aliphatic rings. The van der Waals surface area contributed by atoms with Gasteiger partial charge >= 0.3 is 0 Å². The molecular formula is C12H9Cl2NOS. The van der Waals surface area contributed by atoms with Crippen molar-refractivity contribution in [3.05, 3.63) is 49.9 Å². The SMILES string of the molecule is Cc1nc(C(=O)Cc2cc(Cl)ccc2Cl)cs1. The van der Waals surface area contributed by atoms with E-state index in [1.165, 1.54) is 11.3 Å². The lowest BCUT2D eigenvalue weighted by Crippen LogP contribution is -2.04. The van der Waals surface area contributed by atoms with Crippen molar-refractivity contribution >= 4 is 40.3 Å². The number of nitrogens with zero attached hydrogens (tertiary/aromatic N) is 1. The predicted molar refractivity (Wildman–Crippen MR) is 71.3 cm³/mol. The Morgan fingerprint density at radius 3 is 2.82 bits per heavy atom. The molecule has 0 unspecified atom stereocenters. The number of aromatic nitrogens is 1. The molecule has 1 aromatic heterocycles. The molecule has 1 aromatic carbocycles. The number of carbonyl (C=O) groups is 1. The molecule has 0 saturated carbocycles. The zero-order valence-corrected chi connectivity index (χ0v) is 11.4. The molecule has 0 fully saturated rings. The van der Waals surface area contributed by atoms with Gasteiger partial charge < -0.3 is 0 Å². The van der Waals surface area contributed by atoms with E-state index in [1.54, 1.807) is 23.6 Å². The van der Waals surface area contributed by atoms with Crippen LogP contribution in [0.2, 0.25) is 10.0 Å². The van der Waals surface area contributed by atoms with Gasteiger partial charge in [0.1, 0.15) is 5.69 Å². The molecule has 0 N–H and O–H groups in total. The molecule has 2 nitrogen and oxygen atoms in total. The molecule has 0 aliphatic carbocycles. The zero-order chi connectivity index (χ0) is 12.4. The minimum Gasteiger partial charge on any atom is -0.292 e. The summed E-state index contributed by atoms with van der Waals surface area (Å²) in [5, 5.41) is 3.77. The van der Waals surface area contributed by atoms with E-state index in [2.05, 4.69) is 4.98 Å². The lowest BCUT2D eigenvalue weighted by molar-refractivity contribution is 0.0989. The van der Waals surface area contributed by atoms with E-state index in [1.807, 2.05) is 6.92 Å². The number of rotatable bonds is 3. The molecule has 0 radical (unpaired) electrons. The number of carbonyl (C=O) groups excluding carboxylic acids is 1. The fourth-order valence-electron chi connectivity index (χ4n) is 1.43. The number of ketones is 1. The number of benzene rings is 1. The monoisotopic (exact) mass is 285 g/mol. The first-order valence-corrected chi connectivity index (χ1v) is 6.59. The van der Waals surface area contributed by atoms with Gasteiger partial charge in [-0.3, -0.25) is 4.79 Å². The minimum atomic E-state index is -0.0430. The average molecular weight is 286 g/mol. The lowest BCUT2D eigenvalue weighted by atomic mass is 10.1. The number of hydrogen-bond donors (Lipinski definition) is 0. The summed E-state index contributed by atoms with van der Waals surface area (Å²) in [4.78, 5) is 16.1. The highest BCUT2D eigenvalue weighted by Crippen LogP contribution is 2.22. The minimum absolute atomic E-state index is 0.0430. The van der Waals surface area contributed by atoms with Crippen LogP contribution in [0, 0.1) is 6.92 Å². The van der Waals surface area contributed by atoms with Gasteiger partial charge in [-0.05, 0) is 30.7 Å². The molecule has 2 aromatic rings. The van der Waals surface area contributed by atoms with Crippen molar-refractivity contribution in [3.8, 4) is 0 Å². The van der Waals surface area contributed by atoms with Crippen LogP contribution in [0.1, 0.15) is 21.1 Å². The summed E-state index contributed by atoms with van der Waals surface area (Å²) in [6.45, 7) is 1.87. The number of halogens is 2. The van der Waals surface area contributed by atoms with Gasteiger partial charge in [-0.15, -0.1) is 11.3 Å². The van der Waals surface area contributed by atoms with Crippen molar-refractivity contribution in [2.24, 2.45) is 0 Å². The maximum Gasteiger partial charge on any atom is 0.186 e. The Morgan fingerprint density at radius 1 is 1.41 bits per heavy atom. The van der Waals surface area contributed by atoms with Gasteiger partial charge in [0.2, 0.25) is 0 Å². The highest BCUT2D eigenvalue weighted by Gasteiger charge is 2.12. The summed E-state index contributed by atoms with van der Waals surface area (Å²) >= 11 is 13.3. The molecule has 0 amide bonds. The van der Waals surface area contributed by atoms with Crippen LogP contribution < -0.4 is 0 Å². The summed E-state index contributed by atoms with van der Waals surface area (Å²) in [5.74, 6) is -0.0430. The van der Waals surface area contributed by atoms with E-state index < -0.39 is 0 Å². The summed E-state index contributed by atoms with van der Waals surface area (Å²) in [7, 11) is 0. The van der Waals surface area contributed by atoms with E-state index >= 15 is 0 Å². The Labute approximate surface area is 113 Å². The third kappa shape index (κ3) is 3.06. The molecule has 0 spiro atoms. The Hall–Kier alpha value is -0.900. The molecule has 88 valence electrons. The van der Waals surface area contributed by atoms with Gasteiger partial charge in [0.25, 0.3) is 0 Å². The van der Waals surface area contributed by atoms with Crippen LogP contribution in [-0.2, 0) is 6.42 Å². The fraction of sp³-hybridized carbons (Fsp3) is 0.167. The number of hydrogen-bond acceptors (Lipinski definition) is 3. The standard InChI is InChI=1S/C12H9Cl2NOS/c1-7-15-11(6-17-7)12(16)5-8-4-9(13)2-3-10(8)14/h2-4,6H,5H2,1H3. The third-order valence-electron chi connectivity index (χ3n) is 2.26. The fourth-order valence-corrected chi connectivity index (χ4v) is 2.43. The van der Waals surface area contributed by atoms with Crippen LogP contribution >= 0.6 is 34.5 Å². The predicted octanol–water partition coefficient (Wildman–Crippen LogP) is 4.18. The second-order valence-electron chi connectivity index (χ2n) is 3.59. The highest BCUT2D eigenvalue weighted by molar-refractivity contribution is 7.09. The number of thiazole rings is 1. The molecule has 1 heterocycles. The van der Waals surface area contributed by atoms with Gasteiger partial charge in [-0.1, -0.05) is 23.2 Å². The maximum atomic E-state index is 11.9. The van der Waals surface area contributed by atoms with E-state index in [4.69, 9.17) is 23.2 Å². The van der Waals surface area contributed by atoms with E-state index in [0.717, 1.165) is 10.6 Å². The lowest BCUT2D eigenvalue weighted by Gasteiger charge is -2.02. The second-order valence-corrected chi connectivity index (χ2v) is 5.49. The Bertz CT molecular complexity index is 565. The molecule has 2 rings (SSSR count). The second kappa shape index (κ2) is 5.17. The molecule has 0 atom stereocenters.